The molecule has 1 N–H and O–H groups in total. The average Bonchev–Trinajstić information content (AvgIpc) is 2.85. The first-order valence-electron chi connectivity index (χ1n) is 6.78. The lowest BCUT2D eigenvalue weighted by Gasteiger charge is -2.22. The highest BCUT2D eigenvalue weighted by atomic mass is 35.5. The van der Waals surface area contributed by atoms with Gasteiger partial charge in [0.25, 0.3) is 0 Å². The minimum Gasteiger partial charge on any atom is -0.376 e. The number of alkyl halides is 1. The molecule has 0 spiro atoms. The molecule has 106 valence electrons. The standard InChI is InChI=1S/C13H20ClN3O2/c14-6-3-5-13(18)16-11-8-15-17(9-11)10-12-4-1-2-7-19-12/h8-9,12H,1-7,10H2,(H,16,18). The molecule has 1 aromatic rings. The normalized spacial score (nSPS) is 19.3. The smallest absolute Gasteiger partial charge is 0.224 e. The molecule has 1 amide bonds. The lowest BCUT2D eigenvalue weighted by Crippen LogP contribution is -2.24. The van der Waals surface area contributed by atoms with Gasteiger partial charge < -0.3 is 10.1 Å². The molecule has 1 atom stereocenters. The summed E-state index contributed by atoms with van der Waals surface area (Å²) in [6, 6.07) is 0. The Morgan fingerprint density at radius 1 is 1.58 bits per heavy atom. The van der Waals surface area contributed by atoms with Crippen LogP contribution in [0.2, 0.25) is 0 Å². The molecular formula is C13H20ClN3O2. The zero-order valence-corrected chi connectivity index (χ0v) is 11.7. The fourth-order valence-electron chi connectivity index (χ4n) is 2.14. The molecule has 0 saturated carbocycles. The molecule has 2 rings (SSSR count). The molecule has 1 saturated heterocycles. The summed E-state index contributed by atoms with van der Waals surface area (Å²) in [6.07, 6.45) is 8.34. The Hall–Kier alpha value is -1.07. The van der Waals surface area contributed by atoms with E-state index in [9.17, 15) is 4.79 Å². The number of nitrogens with zero attached hydrogens (tertiary/aromatic N) is 2. The number of halogens is 1. The number of carbonyl (C=O) groups excluding carboxylic acids is 1. The summed E-state index contributed by atoms with van der Waals surface area (Å²) in [5.41, 5.74) is 0.732. The molecule has 0 aromatic carbocycles. The summed E-state index contributed by atoms with van der Waals surface area (Å²) < 4.78 is 7.49. The number of anilines is 1. The molecule has 0 bridgehead atoms. The molecule has 0 aliphatic carbocycles. The van der Waals surface area contributed by atoms with E-state index in [1.165, 1.54) is 6.42 Å². The number of aromatic nitrogens is 2. The number of amides is 1. The Morgan fingerprint density at radius 2 is 2.47 bits per heavy atom. The third kappa shape index (κ3) is 4.84. The van der Waals surface area contributed by atoms with Crippen LogP contribution in [-0.2, 0) is 16.1 Å². The van der Waals surface area contributed by atoms with Crippen molar-refractivity contribution in [3.63, 3.8) is 0 Å². The molecule has 0 radical (unpaired) electrons. The Kier molecular flexibility index (Phi) is 5.66. The fourth-order valence-corrected chi connectivity index (χ4v) is 2.27. The van der Waals surface area contributed by atoms with Crippen molar-refractivity contribution in [2.24, 2.45) is 0 Å². The van der Waals surface area contributed by atoms with Gasteiger partial charge in [-0.15, -0.1) is 11.6 Å². The van der Waals surface area contributed by atoms with E-state index in [0.717, 1.165) is 31.7 Å². The van der Waals surface area contributed by atoms with Gasteiger partial charge in [-0.1, -0.05) is 0 Å². The zero-order valence-electron chi connectivity index (χ0n) is 11.0. The van der Waals surface area contributed by atoms with Crippen LogP contribution in [0.3, 0.4) is 0 Å². The molecule has 1 aliphatic heterocycles. The van der Waals surface area contributed by atoms with Crippen molar-refractivity contribution < 1.29 is 9.53 Å². The number of rotatable bonds is 6. The molecule has 1 unspecified atom stereocenters. The van der Waals surface area contributed by atoms with Gasteiger partial charge >= 0.3 is 0 Å². The van der Waals surface area contributed by atoms with E-state index in [-0.39, 0.29) is 12.0 Å². The second-order valence-corrected chi connectivity index (χ2v) is 5.16. The Balaban J connectivity index is 1.79. The molecule has 1 fully saturated rings. The first-order chi connectivity index (χ1) is 9.28. The second-order valence-electron chi connectivity index (χ2n) is 4.78. The van der Waals surface area contributed by atoms with Crippen molar-refractivity contribution in [2.45, 2.75) is 44.8 Å². The first kappa shape index (κ1) is 14.3. The van der Waals surface area contributed by atoms with Crippen LogP contribution in [0.15, 0.2) is 12.4 Å². The minimum absolute atomic E-state index is 0.0193. The van der Waals surface area contributed by atoms with Gasteiger partial charge in [-0.3, -0.25) is 9.48 Å². The highest BCUT2D eigenvalue weighted by Crippen LogP contribution is 2.15. The van der Waals surface area contributed by atoms with Crippen molar-refractivity contribution in [3.8, 4) is 0 Å². The first-order valence-corrected chi connectivity index (χ1v) is 7.31. The van der Waals surface area contributed by atoms with E-state index in [1.54, 1.807) is 6.20 Å². The van der Waals surface area contributed by atoms with Crippen LogP contribution >= 0.6 is 11.6 Å². The minimum atomic E-state index is -0.0193. The van der Waals surface area contributed by atoms with Crippen molar-refractivity contribution in [3.05, 3.63) is 12.4 Å². The van der Waals surface area contributed by atoms with Gasteiger partial charge in [0.05, 0.1) is 24.5 Å². The van der Waals surface area contributed by atoms with Crippen LogP contribution in [-0.4, -0.2) is 34.3 Å². The van der Waals surface area contributed by atoms with Gasteiger partial charge in [-0.2, -0.15) is 5.10 Å². The van der Waals surface area contributed by atoms with Gasteiger partial charge in [-0.25, -0.2) is 0 Å². The summed E-state index contributed by atoms with van der Waals surface area (Å²) >= 11 is 5.55. The highest BCUT2D eigenvalue weighted by molar-refractivity contribution is 6.18. The van der Waals surface area contributed by atoms with E-state index in [0.29, 0.717) is 18.7 Å². The number of hydrogen-bond acceptors (Lipinski definition) is 3. The molecule has 1 aliphatic rings. The Morgan fingerprint density at radius 3 is 3.21 bits per heavy atom. The number of carbonyl (C=O) groups is 1. The molecule has 5 nitrogen and oxygen atoms in total. The number of nitrogens with one attached hydrogen (secondary N) is 1. The quantitative estimate of drug-likeness (QED) is 0.817. The average molecular weight is 286 g/mol. The van der Waals surface area contributed by atoms with Crippen molar-refractivity contribution in [2.75, 3.05) is 17.8 Å². The van der Waals surface area contributed by atoms with Gasteiger partial charge in [0.1, 0.15) is 0 Å². The topological polar surface area (TPSA) is 56.2 Å². The van der Waals surface area contributed by atoms with E-state index in [2.05, 4.69) is 10.4 Å². The van der Waals surface area contributed by atoms with Crippen molar-refractivity contribution in [1.29, 1.82) is 0 Å². The maximum atomic E-state index is 11.5. The van der Waals surface area contributed by atoms with Gasteiger partial charge in [-0.05, 0) is 25.7 Å². The van der Waals surface area contributed by atoms with Crippen LogP contribution in [0.4, 0.5) is 5.69 Å². The summed E-state index contributed by atoms with van der Waals surface area (Å²) in [7, 11) is 0. The summed E-state index contributed by atoms with van der Waals surface area (Å²) in [5, 5.41) is 7.05. The maximum absolute atomic E-state index is 11.5. The van der Waals surface area contributed by atoms with Gasteiger partial charge in [0.15, 0.2) is 0 Å². The Labute approximate surface area is 118 Å². The third-order valence-electron chi connectivity index (χ3n) is 3.12. The predicted octanol–water partition coefficient (Wildman–Crippen LogP) is 2.41. The molecule has 2 heterocycles. The van der Waals surface area contributed by atoms with Gasteiger partial charge in [0.2, 0.25) is 5.91 Å². The van der Waals surface area contributed by atoms with Crippen molar-refractivity contribution >= 4 is 23.2 Å². The SMILES string of the molecule is O=C(CCCCl)Nc1cnn(CC2CCCCO2)c1. The highest BCUT2D eigenvalue weighted by Gasteiger charge is 2.15. The fraction of sp³-hybridized carbons (Fsp3) is 0.692. The van der Waals surface area contributed by atoms with Crippen molar-refractivity contribution in [1.82, 2.24) is 9.78 Å². The summed E-state index contributed by atoms with van der Waals surface area (Å²) in [6.45, 7) is 1.59. The van der Waals surface area contributed by atoms with Crippen LogP contribution in [0, 0.1) is 0 Å². The van der Waals surface area contributed by atoms with Gasteiger partial charge in [0, 0.05) is 25.1 Å². The van der Waals surface area contributed by atoms with Crippen LogP contribution in [0.5, 0.6) is 0 Å². The third-order valence-corrected chi connectivity index (χ3v) is 3.39. The number of hydrogen-bond donors (Lipinski definition) is 1. The van der Waals surface area contributed by atoms with E-state index in [1.807, 2.05) is 10.9 Å². The second kappa shape index (κ2) is 7.50. The Bertz CT molecular complexity index is 402. The van der Waals surface area contributed by atoms with Crippen LogP contribution in [0.25, 0.3) is 0 Å². The van der Waals surface area contributed by atoms with E-state index < -0.39 is 0 Å². The number of ether oxygens (including phenoxy) is 1. The monoisotopic (exact) mass is 285 g/mol. The predicted molar refractivity (Wildman–Crippen MR) is 74.4 cm³/mol. The van der Waals surface area contributed by atoms with E-state index >= 15 is 0 Å². The largest absolute Gasteiger partial charge is 0.376 e. The zero-order chi connectivity index (χ0) is 13.5. The summed E-state index contributed by atoms with van der Waals surface area (Å²) in [4.78, 5) is 11.5. The molecule has 6 heteroatoms. The van der Waals surface area contributed by atoms with Crippen LogP contribution in [0.1, 0.15) is 32.1 Å². The molecular weight excluding hydrogens is 266 g/mol. The lowest BCUT2D eigenvalue weighted by molar-refractivity contribution is -0.116. The van der Waals surface area contributed by atoms with E-state index in [4.69, 9.17) is 16.3 Å². The van der Waals surface area contributed by atoms with Crippen LogP contribution < -0.4 is 5.32 Å². The maximum Gasteiger partial charge on any atom is 0.224 e. The lowest BCUT2D eigenvalue weighted by atomic mass is 10.1. The molecule has 19 heavy (non-hydrogen) atoms. The molecule has 1 aromatic heterocycles. The summed E-state index contributed by atoms with van der Waals surface area (Å²) in [5.74, 6) is 0.486.